The topological polar surface area (TPSA) is 9.23 Å². The van der Waals surface area contributed by atoms with Crippen LogP contribution in [0.3, 0.4) is 0 Å². The van der Waals surface area contributed by atoms with E-state index in [4.69, 9.17) is 4.74 Å². The Morgan fingerprint density at radius 1 is 1.10 bits per heavy atom. The summed E-state index contributed by atoms with van der Waals surface area (Å²) >= 11 is 0. The molecule has 0 amide bonds. The van der Waals surface area contributed by atoms with Gasteiger partial charge >= 0.3 is 0 Å². The van der Waals surface area contributed by atoms with Gasteiger partial charge in [-0.1, -0.05) is 43.6 Å². The van der Waals surface area contributed by atoms with E-state index in [0.717, 1.165) is 42.6 Å². The summed E-state index contributed by atoms with van der Waals surface area (Å²) in [5, 5.41) is 0. The molecule has 0 radical (unpaired) electrons. The second kappa shape index (κ2) is 9.49. The molecular formula is C27H34F2O. The van der Waals surface area contributed by atoms with Gasteiger partial charge in [-0.3, -0.25) is 0 Å². The van der Waals surface area contributed by atoms with E-state index in [9.17, 15) is 8.78 Å². The number of benzene rings is 1. The first-order valence-corrected chi connectivity index (χ1v) is 11.7. The van der Waals surface area contributed by atoms with Crippen LogP contribution in [0.5, 0.6) is 5.75 Å². The van der Waals surface area contributed by atoms with E-state index < -0.39 is 11.6 Å². The number of rotatable bonds is 8. The van der Waals surface area contributed by atoms with Gasteiger partial charge in [0.2, 0.25) is 5.82 Å². The van der Waals surface area contributed by atoms with Crippen LogP contribution in [0.15, 0.2) is 42.5 Å². The van der Waals surface area contributed by atoms with Crippen molar-refractivity contribution in [3.8, 4) is 5.75 Å². The molecule has 162 valence electrons. The van der Waals surface area contributed by atoms with E-state index in [-0.39, 0.29) is 5.75 Å². The molecule has 1 fully saturated rings. The highest BCUT2D eigenvalue weighted by atomic mass is 19.2. The zero-order chi connectivity index (χ0) is 21.1. The van der Waals surface area contributed by atoms with Gasteiger partial charge in [0, 0.05) is 5.56 Å². The van der Waals surface area contributed by atoms with Gasteiger partial charge in [-0.25, -0.2) is 4.39 Å². The van der Waals surface area contributed by atoms with Crippen LogP contribution in [-0.4, -0.2) is 6.61 Å². The van der Waals surface area contributed by atoms with E-state index in [1.807, 2.05) is 0 Å². The molecule has 3 aliphatic rings. The second-order valence-electron chi connectivity index (χ2n) is 9.20. The van der Waals surface area contributed by atoms with Gasteiger partial charge in [0.25, 0.3) is 0 Å². The third kappa shape index (κ3) is 4.13. The van der Waals surface area contributed by atoms with E-state index in [2.05, 4.69) is 25.7 Å². The first kappa shape index (κ1) is 21.3. The van der Waals surface area contributed by atoms with Gasteiger partial charge in [0.15, 0.2) is 11.6 Å². The lowest BCUT2D eigenvalue weighted by molar-refractivity contribution is 0.301. The lowest BCUT2D eigenvalue weighted by Crippen LogP contribution is -2.17. The summed E-state index contributed by atoms with van der Waals surface area (Å²) in [4.78, 5) is 0. The normalized spacial score (nSPS) is 28.1. The zero-order valence-corrected chi connectivity index (χ0v) is 18.1. The van der Waals surface area contributed by atoms with Gasteiger partial charge in [-0.05, 0) is 86.3 Å². The summed E-state index contributed by atoms with van der Waals surface area (Å²) in [5.41, 5.74) is 3.00. The molecule has 0 bridgehead atoms. The molecule has 30 heavy (non-hydrogen) atoms. The molecule has 1 aromatic carbocycles. The van der Waals surface area contributed by atoms with Crippen LogP contribution in [0.1, 0.15) is 70.3 Å². The SMILES string of the molecule is C=CCCOc1ccc(C2=CCC(C3=CCC4C(CCC)CCC34)CC2)c(F)c1F. The Morgan fingerprint density at radius 2 is 1.97 bits per heavy atom. The Morgan fingerprint density at radius 3 is 2.70 bits per heavy atom. The average Bonchev–Trinajstić information content (AvgIpc) is 3.35. The fourth-order valence-corrected chi connectivity index (χ4v) is 6.07. The Balaban J connectivity index is 1.42. The number of allylic oxidation sites excluding steroid dienone is 4. The summed E-state index contributed by atoms with van der Waals surface area (Å²) in [7, 11) is 0. The third-order valence-corrected chi connectivity index (χ3v) is 7.54. The van der Waals surface area contributed by atoms with Crippen molar-refractivity contribution >= 4 is 5.57 Å². The van der Waals surface area contributed by atoms with Gasteiger partial charge in [0.05, 0.1) is 6.61 Å². The monoisotopic (exact) mass is 412 g/mol. The van der Waals surface area contributed by atoms with Gasteiger partial charge in [-0.15, -0.1) is 6.58 Å². The quantitative estimate of drug-likeness (QED) is 0.312. The Hall–Kier alpha value is -1.90. The molecule has 3 aliphatic carbocycles. The highest BCUT2D eigenvalue weighted by Crippen LogP contribution is 2.53. The van der Waals surface area contributed by atoms with Crippen molar-refractivity contribution in [2.75, 3.05) is 6.61 Å². The second-order valence-corrected chi connectivity index (χ2v) is 9.20. The number of hydrogen-bond acceptors (Lipinski definition) is 1. The van der Waals surface area contributed by atoms with Crippen LogP contribution in [0.25, 0.3) is 5.57 Å². The Kier molecular flexibility index (Phi) is 6.75. The third-order valence-electron chi connectivity index (χ3n) is 7.54. The van der Waals surface area contributed by atoms with Crippen molar-refractivity contribution in [1.29, 1.82) is 0 Å². The van der Waals surface area contributed by atoms with Crippen molar-refractivity contribution in [2.24, 2.45) is 23.7 Å². The number of hydrogen-bond donors (Lipinski definition) is 0. The predicted octanol–water partition coefficient (Wildman–Crippen LogP) is 7.88. The van der Waals surface area contributed by atoms with Crippen molar-refractivity contribution in [1.82, 2.24) is 0 Å². The van der Waals surface area contributed by atoms with Gasteiger partial charge in [-0.2, -0.15) is 4.39 Å². The Labute approximate surface area is 179 Å². The predicted molar refractivity (Wildman–Crippen MR) is 119 cm³/mol. The summed E-state index contributed by atoms with van der Waals surface area (Å²) in [5.74, 6) is 1.46. The van der Waals surface area contributed by atoms with E-state index >= 15 is 0 Å². The molecule has 4 atom stereocenters. The lowest BCUT2D eigenvalue weighted by atomic mass is 9.77. The molecule has 3 heteroatoms. The molecule has 1 saturated carbocycles. The summed E-state index contributed by atoms with van der Waals surface area (Å²) in [6.45, 7) is 6.22. The molecule has 0 heterocycles. The number of fused-ring (bicyclic) bond motifs is 1. The van der Waals surface area contributed by atoms with Gasteiger partial charge in [0.1, 0.15) is 0 Å². The van der Waals surface area contributed by atoms with E-state index in [1.165, 1.54) is 32.1 Å². The summed E-state index contributed by atoms with van der Waals surface area (Å²) in [6.07, 6.45) is 16.4. The standard InChI is InChI=1S/C27H34F2O/c1-3-5-17-30-25-16-15-23(26(28)27(25)29)20-9-7-19(8-10-20)22-14-13-21-18(6-4-2)11-12-24(21)22/h3,9,14-16,18-19,21,24H,1,4-8,10-13,17H2,2H3. The fourth-order valence-electron chi connectivity index (χ4n) is 6.07. The maximum absolute atomic E-state index is 14.7. The van der Waals surface area contributed by atoms with Gasteiger partial charge < -0.3 is 4.74 Å². The number of halogens is 2. The van der Waals surface area contributed by atoms with Crippen LogP contribution in [0.2, 0.25) is 0 Å². The Bertz CT molecular complexity index is 838. The van der Waals surface area contributed by atoms with Crippen molar-refractivity contribution < 1.29 is 13.5 Å². The summed E-state index contributed by atoms with van der Waals surface area (Å²) in [6, 6.07) is 3.23. The lowest BCUT2D eigenvalue weighted by Gasteiger charge is -2.28. The number of ether oxygens (including phenoxy) is 1. The largest absolute Gasteiger partial charge is 0.490 e. The first-order valence-electron chi connectivity index (χ1n) is 11.7. The van der Waals surface area contributed by atoms with E-state index in [1.54, 1.807) is 23.8 Å². The van der Waals surface area contributed by atoms with Crippen LogP contribution in [0, 0.1) is 35.3 Å². The molecule has 0 saturated heterocycles. The maximum Gasteiger partial charge on any atom is 0.201 e. The average molecular weight is 413 g/mol. The molecule has 1 aromatic rings. The molecule has 0 aliphatic heterocycles. The van der Waals surface area contributed by atoms with Crippen LogP contribution in [0.4, 0.5) is 8.78 Å². The molecule has 0 aromatic heterocycles. The molecule has 1 nitrogen and oxygen atoms in total. The minimum Gasteiger partial charge on any atom is -0.490 e. The minimum atomic E-state index is -0.881. The first-order chi connectivity index (χ1) is 14.6. The highest BCUT2D eigenvalue weighted by molar-refractivity contribution is 5.67. The molecular weight excluding hydrogens is 378 g/mol. The van der Waals surface area contributed by atoms with Crippen molar-refractivity contribution in [3.63, 3.8) is 0 Å². The van der Waals surface area contributed by atoms with E-state index in [0.29, 0.717) is 24.5 Å². The molecule has 4 rings (SSSR count). The highest BCUT2D eigenvalue weighted by Gasteiger charge is 2.42. The maximum atomic E-state index is 14.7. The minimum absolute atomic E-state index is 0.0163. The van der Waals surface area contributed by atoms with Crippen LogP contribution in [-0.2, 0) is 0 Å². The van der Waals surface area contributed by atoms with Crippen LogP contribution >= 0.6 is 0 Å². The molecule has 0 N–H and O–H groups in total. The van der Waals surface area contributed by atoms with Crippen LogP contribution < -0.4 is 4.74 Å². The smallest absolute Gasteiger partial charge is 0.201 e. The molecule has 0 spiro atoms. The van der Waals surface area contributed by atoms with Crippen molar-refractivity contribution in [2.45, 2.75) is 64.7 Å². The van der Waals surface area contributed by atoms with Crippen molar-refractivity contribution in [3.05, 3.63) is 59.7 Å². The molecule has 4 unspecified atom stereocenters. The summed E-state index contributed by atoms with van der Waals surface area (Å²) < 4.78 is 34.5. The zero-order valence-electron chi connectivity index (χ0n) is 18.1. The fraction of sp³-hybridized carbons (Fsp3) is 0.556.